The summed E-state index contributed by atoms with van der Waals surface area (Å²) in [6.45, 7) is 2.03. The lowest BCUT2D eigenvalue weighted by Gasteiger charge is -2.51. The third-order valence-electron chi connectivity index (χ3n) is 8.84. The molecule has 1 saturated heterocycles. The van der Waals surface area contributed by atoms with E-state index in [9.17, 15) is 23.4 Å². The van der Waals surface area contributed by atoms with Crippen LogP contribution < -0.4 is 5.11 Å². The molecule has 2 aliphatic heterocycles. The van der Waals surface area contributed by atoms with E-state index < -0.39 is 23.9 Å². The number of alkyl halides is 3. The Labute approximate surface area is 219 Å². The van der Waals surface area contributed by atoms with Gasteiger partial charge < -0.3 is 19.7 Å². The molecule has 2 aliphatic carbocycles. The maximum absolute atomic E-state index is 13.9. The zero-order valence-electron chi connectivity index (χ0n) is 21.2. The highest BCUT2D eigenvalue weighted by molar-refractivity contribution is 5.74. The summed E-state index contributed by atoms with van der Waals surface area (Å²) in [5, 5.41) is 25.6. The van der Waals surface area contributed by atoms with Crippen LogP contribution in [0.4, 0.5) is 13.2 Å². The van der Waals surface area contributed by atoms with Crippen LogP contribution in [0, 0.1) is 5.41 Å². The van der Waals surface area contributed by atoms with Gasteiger partial charge in [-0.05, 0) is 72.8 Å². The third kappa shape index (κ3) is 4.68. The van der Waals surface area contributed by atoms with Gasteiger partial charge in [-0.3, -0.25) is 9.97 Å². The van der Waals surface area contributed by atoms with Crippen molar-refractivity contribution in [1.82, 2.24) is 9.97 Å². The average molecular weight is 530 g/mol. The van der Waals surface area contributed by atoms with Crippen LogP contribution >= 0.6 is 0 Å². The van der Waals surface area contributed by atoms with Crippen LogP contribution in [0.25, 0.3) is 5.57 Å². The van der Waals surface area contributed by atoms with E-state index in [0.29, 0.717) is 50.4 Å². The molecule has 2 aromatic rings. The summed E-state index contributed by atoms with van der Waals surface area (Å²) in [4.78, 5) is 9.17. The van der Waals surface area contributed by atoms with Crippen LogP contribution in [0.5, 0.6) is 0 Å². The molecule has 204 valence electrons. The average Bonchev–Trinajstić information content (AvgIpc) is 2.91. The van der Waals surface area contributed by atoms with Gasteiger partial charge in [-0.15, -0.1) is 0 Å². The molecule has 2 aromatic heterocycles. The van der Waals surface area contributed by atoms with E-state index in [1.165, 1.54) is 6.07 Å². The van der Waals surface area contributed by atoms with Crippen LogP contribution in [0.1, 0.15) is 102 Å². The van der Waals surface area contributed by atoms with Gasteiger partial charge in [0.2, 0.25) is 0 Å². The van der Waals surface area contributed by atoms with E-state index in [0.717, 1.165) is 73.3 Å². The second-order valence-corrected chi connectivity index (χ2v) is 11.2. The molecule has 0 radical (unpaired) electrons. The number of pyridine rings is 2. The molecule has 2 fully saturated rings. The molecule has 9 heteroatoms. The fourth-order valence-corrected chi connectivity index (χ4v) is 6.69. The molecule has 0 aromatic carbocycles. The standard InChI is InChI=1S/C29H32F3N2O4/c30-29(31,32)19-2-3-20(33-16-19)27(36)25-23(17-4-10-37-11-5-17)24-21(14-28(8-1-9-28)15-22(24)35)34-26(25)18-6-12-38-13-7-18/h2-4,16,18,22,27,36H,1,5-15H2/q-1/t22?,27-/m1/s1. The molecular weight excluding hydrogens is 497 g/mol. The first-order chi connectivity index (χ1) is 18.3. The van der Waals surface area contributed by atoms with Crippen LogP contribution in [-0.2, 0) is 22.1 Å². The molecule has 4 aliphatic rings. The molecule has 2 atom stereocenters. The SMILES string of the molecule is [O-]C1CC2(CCC2)Cc2nc(C3CCOCC3)c([C@H](O)c3ccc(C(F)(F)F)cn3)c(C3=CCOCC3)c21. The Morgan fingerprint density at radius 2 is 1.89 bits per heavy atom. The molecule has 1 saturated carbocycles. The molecule has 0 bridgehead atoms. The minimum Gasteiger partial charge on any atom is -0.848 e. The number of rotatable bonds is 4. The number of hydrogen-bond donors (Lipinski definition) is 1. The largest absolute Gasteiger partial charge is 0.848 e. The van der Waals surface area contributed by atoms with E-state index in [4.69, 9.17) is 14.5 Å². The number of halogens is 3. The van der Waals surface area contributed by atoms with Crippen LogP contribution in [0.3, 0.4) is 0 Å². The summed E-state index contributed by atoms with van der Waals surface area (Å²) >= 11 is 0. The number of aromatic nitrogens is 2. The van der Waals surface area contributed by atoms with Crippen molar-refractivity contribution >= 4 is 5.57 Å². The monoisotopic (exact) mass is 529 g/mol. The van der Waals surface area contributed by atoms with Crippen molar-refractivity contribution < 1.29 is 32.9 Å². The first-order valence-electron chi connectivity index (χ1n) is 13.5. The fraction of sp³-hybridized carbons (Fsp3) is 0.586. The highest BCUT2D eigenvalue weighted by Crippen LogP contribution is 2.55. The van der Waals surface area contributed by atoms with Gasteiger partial charge in [0, 0.05) is 36.6 Å². The number of fused-ring (bicyclic) bond motifs is 1. The van der Waals surface area contributed by atoms with Gasteiger partial charge in [0.05, 0.1) is 30.2 Å². The number of ether oxygens (including phenoxy) is 2. The van der Waals surface area contributed by atoms with E-state index in [1.807, 2.05) is 6.08 Å². The van der Waals surface area contributed by atoms with E-state index >= 15 is 0 Å². The molecule has 6 rings (SSSR count). The fourth-order valence-electron chi connectivity index (χ4n) is 6.69. The predicted molar refractivity (Wildman–Crippen MR) is 131 cm³/mol. The summed E-state index contributed by atoms with van der Waals surface area (Å²) in [7, 11) is 0. The van der Waals surface area contributed by atoms with Gasteiger partial charge in [-0.25, -0.2) is 0 Å². The van der Waals surface area contributed by atoms with Crippen molar-refractivity contribution in [3.05, 3.63) is 63.7 Å². The normalized spacial score (nSPS) is 24.4. The second-order valence-electron chi connectivity index (χ2n) is 11.2. The van der Waals surface area contributed by atoms with Crippen molar-refractivity contribution in [1.29, 1.82) is 0 Å². The van der Waals surface area contributed by atoms with Gasteiger partial charge in [0.1, 0.15) is 6.10 Å². The Hall–Kier alpha value is -2.33. The smallest absolute Gasteiger partial charge is 0.417 e. The molecule has 1 N–H and O–H groups in total. The summed E-state index contributed by atoms with van der Waals surface area (Å²) in [6, 6.07) is 2.16. The Balaban J connectivity index is 1.55. The van der Waals surface area contributed by atoms with E-state index in [2.05, 4.69) is 4.98 Å². The molecule has 1 unspecified atom stereocenters. The molecule has 1 spiro atoms. The predicted octanol–water partition coefficient (Wildman–Crippen LogP) is 4.79. The van der Waals surface area contributed by atoms with Gasteiger partial charge in [0.25, 0.3) is 0 Å². The van der Waals surface area contributed by atoms with Gasteiger partial charge in [-0.1, -0.05) is 25.0 Å². The summed E-state index contributed by atoms with van der Waals surface area (Å²) in [5.41, 5.74) is 3.63. The first-order valence-corrected chi connectivity index (χ1v) is 13.5. The van der Waals surface area contributed by atoms with Crippen molar-refractivity contribution in [2.75, 3.05) is 26.4 Å². The molecular formula is C29H32F3N2O4-. The number of nitrogens with zero attached hydrogens (tertiary/aromatic N) is 2. The van der Waals surface area contributed by atoms with Gasteiger partial charge in [0.15, 0.2) is 0 Å². The van der Waals surface area contributed by atoms with Gasteiger partial charge >= 0.3 is 6.18 Å². The van der Waals surface area contributed by atoms with E-state index in [1.54, 1.807) is 0 Å². The Bertz CT molecular complexity index is 1220. The zero-order chi connectivity index (χ0) is 26.5. The Morgan fingerprint density at radius 3 is 2.50 bits per heavy atom. The van der Waals surface area contributed by atoms with Gasteiger partial charge in [-0.2, -0.15) is 13.2 Å². The van der Waals surface area contributed by atoms with Crippen LogP contribution in [-0.4, -0.2) is 41.5 Å². The highest BCUT2D eigenvalue weighted by atomic mass is 19.4. The molecule has 4 heterocycles. The number of hydrogen-bond acceptors (Lipinski definition) is 6. The lowest BCUT2D eigenvalue weighted by atomic mass is 9.59. The highest BCUT2D eigenvalue weighted by Gasteiger charge is 2.44. The third-order valence-corrected chi connectivity index (χ3v) is 8.84. The molecule has 0 amide bonds. The van der Waals surface area contributed by atoms with Crippen molar-refractivity contribution in [3.8, 4) is 0 Å². The van der Waals surface area contributed by atoms with Crippen molar-refractivity contribution in [3.63, 3.8) is 0 Å². The quantitative estimate of drug-likeness (QED) is 0.613. The zero-order valence-corrected chi connectivity index (χ0v) is 21.2. The number of aliphatic hydroxyl groups excluding tert-OH is 1. The summed E-state index contributed by atoms with van der Waals surface area (Å²) < 4.78 is 50.8. The minimum atomic E-state index is -4.53. The van der Waals surface area contributed by atoms with Crippen molar-refractivity contribution in [2.45, 2.75) is 75.7 Å². The topological polar surface area (TPSA) is 87.5 Å². The van der Waals surface area contributed by atoms with Crippen LogP contribution in [0.2, 0.25) is 0 Å². The lowest BCUT2D eigenvalue weighted by Crippen LogP contribution is -2.42. The Kier molecular flexibility index (Phi) is 6.83. The summed E-state index contributed by atoms with van der Waals surface area (Å²) in [5.74, 6) is 0.0108. The summed E-state index contributed by atoms with van der Waals surface area (Å²) in [6.07, 6.45) is 2.41. The maximum atomic E-state index is 13.9. The minimum absolute atomic E-state index is 0.00973. The van der Waals surface area contributed by atoms with Crippen molar-refractivity contribution in [2.24, 2.45) is 5.41 Å². The number of aliphatic hydroxyl groups is 1. The molecule has 38 heavy (non-hydrogen) atoms. The maximum Gasteiger partial charge on any atom is 0.417 e. The first kappa shape index (κ1) is 25.9. The van der Waals surface area contributed by atoms with E-state index in [-0.39, 0.29) is 17.0 Å². The van der Waals surface area contributed by atoms with Crippen LogP contribution in [0.15, 0.2) is 24.4 Å². The Morgan fingerprint density at radius 1 is 1.11 bits per heavy atom. The second kappa shape index (κ2) is 10.0. The lowest BCUT2D eigenvalue weighted by molar-refractivity contribution is -0.436. The molecule has 6 nitrogen and oxygen atoms in total.